The lowest BCUT2D eigenvalue weighted by molar-refractivity contribution is -0.113. The third-order valence-electron chi connectivity index (χ3n) is 4.57. The predicted octanol–water partition coefficient (Wildman–Crippen LogP) is 4.61. The first kappa shape index (κ1) is 18.7. The van der Waals surface area contributed by atoms with Gasteiger partial charge < -0.3 is 16.0 Å². The summed E-state index contributed by atoms with van der Waals surface area (Å²) >= 11 is 1.71. The molecule has 0 saturated heterocycles. The van der Waals surface area contributed by atoms with E-state index in [1.807, 2.05) is 36.4 Å². The standard InChI is InChI=1S/C22H18N4O2S/c23-13-17(27)7-9-25-22(28)26-16-10-15-5-3-8-24-21(15)18(12-16)20-11-14-4-1-2-6-19(14)29-20/h1-6,10-12,24H,7-9H2,(H2,25,26,28). The Morgan fingerprint density at radius 2 is 2.07 bits per heavy atom. The second kappa shape index (κ2) is 8.17. The highest BCUT2D eigenvalue weighted by Crippen LogP contribution is 2.41. The fourth-order valence-electron chi connectivity index (χ4n) is 3.24. The van der Waals surface area contributed by atoms with Crippen molar-refractivity contribution in [2.75, 3.05) is 23.7 Å². The van der Waals surface area contributed by atoms with Crippen LogP contribution in [0.5, 0.6) is 0 Å². The van der Waals surface area contributed by atoms with Crippen molar-refractivity contribution < 1.29 is 9.59 Å². The van der Waals surface area contributed by atoms with Crippen LogP contribution in [0.25, 0.3) is 26.6 Å². The van der Waals surface area contributed by atoms with Crippen molar-refractivity contribution in [1.82, 2.24) is 5.32 Å². The van der Waals surface area contributed by atoms with Crippen LogP contribution in [0.1, 0.15) is 12.0 Å². The molecule has 0 atom stereocenters. The maximum Gasteiger partial charge on any atom is 0.319 e. The second-order valence-electron chi connectivity index (χ2n) is 6.59. The molecule has 4 rings (SSSR count). The average Bonchev–Trinajstić information content (AvgIpc) is 3.17. The first-order chi connectivity index (χ1) is 14.1. The molecule has 0 aliphatic carbocycles. The van der Waals surface area contributed by atoms with Crippen molar-refractivity contribution in [1.29, 1.82) is 5.26 Å². The van der Waals surface area contributed by atoms with E-state index in [9.17, 15) is 9.59 Å². The molecule has 144 valence electrons. The number of Topliss-reactive ketones (excluding diaryl/α,β-unsaturated/α-hetero) is 1. The number of ketones is 1. The summed E-state index contributed by atoms with van der Waals surface area (Å²) in [6.45, 7) is 0.874. The van der Waals surface area contributed by atoms with E-state index in [-0.39, 0.29) is 13.0 Å². The number of carbonyl (C=O) groups is 2. The highest BCUT2D eigenvalue weighted by Gasteiger charge is 2.16. The molecule has 3 aromatic rings. The number of anilines is 2. The molecular formula is C22H18N4O2S. The van der Waals surface area contributed by atoms with Crippen LogP contribution in [-0.2, 0) is 4.79 Å². The number of hydrogen-bond acceptors (Lipinski definition) is 5. The zero-order valence-electron chi connectivity index (χ0n) is 15.5. The number of nitriles is 1. The highest BCUT2D eigenvalue weighted by atomic mass is 32.1. The van der Waals surface area contributed by atoms with Crippen molar-refractivity contribution in [2.45, 2.75) is 6.42 Å². The number of rotatable bonds is 5. The highest BCUT2D eigenvalue weighted by molar-refractivity contribution is 7.22. The van der Waals surface area contributed by atoms with Crippen LogP contribution in [-0.4, -0.2) is 24.9 Å². The van der Waals surface area contributed by atoms with Gasteiger partial charge in [0, 0.05) is 45.9 Å². The number of hydrogen-bond donors (Lipinski definition) is 3. The maximum atomic E-state index is 12.2. The molecule has 0 unspecified atom stereocenters. The lowest BCUT2D eigenvalue weighted by Crippen LogP contribution is -2.30. The average molecular weight is 402 g/mol. The van der Waals surface area contributed by atoms with E-state index < -0.39 is 11.8 Å². The topological polar surface area (TPSA) is 94.0 Å². The quantitative estimate of drug-likeness (QED) is 0.543. The zero-order chi connectivity index (χ0) is 20.2. The van der Waals surface area contributed by atoms with Crippen LogP contribution in [0.3, 0.4) is 0 Å². The molecule has 0 bridgehead atoms. The molecule has 0 fully saturated rings. The molecule has 2 aromatic carbocycles. The summed E-state index contributed by atoms with van der Waals surface area (Å²) in [7, 11) is 0. The Hall–Kier alpha value is -3.63. The maximum absolute atomic E-state index is 12.2. The summed E-state index contributed by atoms with van der Waals surface area (Å²) in [5, 5.41) is 18.5. The molecule has 6 nitrogen and oxygen atoms in total. The van der Waals surface area contributed by atoms with Gasteiger partial charge in [-0.05, 0) is 29.7 Å². The minimum absolute atomic E-state index is 0.00615. The van der Waals surface area contributed by atoms with E-state index in [2.05, 4.69) is 34.1 Å². The number of nitrogens with one attached hydrogen (secondary N) is 3. The molecular weight excluding hydrogens is 384 g/mol. The van der Waals surface area contributed by atoms with Crippen molar-refractivity contribution in [3.63, 3.8) is 0 Å². The SMILES string of the molecule is N#CC(=O)CCNC(=O)Nc1cc2c(c(-c3cc4ccccc4s3)c1)NCC=C2. The molecule has 1 aliphatic rings. The number of urea groups is 1. The Kier molecular flexibility index (Phi) is 5.27. The van der Waals surface area contributed by atoms with Gasteiger partial charge in [-0.1, -0.05) is 30.4 Å². The van der Waals surface area contributed by atoms with Gasteiger partial charge in [0.1, 0.15) is 6.07 Å². The molecule has 2 amide bonds. The summed E-state index contributed by atoms with van der Waals surface area (Å²) in [5.74, 6) is -0.553. The number of thiophene rings is 1. The van der Waals surface area contributed by atoms with Crippen molar-refractivity contribution in [3.8, 4) is 16.5 Å². The summed E-state index contributed by atoms with van der Waals surface area (Å²) in [5.41, 5.74) is 3.74. The van der Waals surface area contributed by atoms with Gasteiger partial charge in [-0.15, -0.1) is 11.3 Å². The van der Waals surface area contributed by atoms with Crippen LogP contribution in [0.15, 0.2) is 48.5 Å². The van der Waals surface area contributed by atoms with Crippen molar-refractivity contribution in [2.24, 2.45) is 0 Å². The van der Waals surface area contributed by atoms with E-state index in [0.29, 0.717) is 5.69 Å². The van der Waals surface area contributed by atoms with Gasteiger partial charge >= 0.3 is 6.03 Å². The fraction of sp³-hybridized carbons (Fsp3) is 0.136. The summed E-state index contributed by atoms with van der Waals surface area (Å²) in [4.78, 5) is 24.4. The summed E-state index contributed by atoms with van der Waals surface area (Å²) in [6, 6.07) is 15.4. The van der Waals surface area contributed by atoms with E-state index in [1.54, 1.807) is 11.3 Å². The Bertz CT molecular complexity index is 1140. The van der Waals surface area contributed by atoms with Gasteiger partial charge in [0.15, 0.2) is 0 Å². The second-order valence-corrected chi connectivity index (χ2v) is 7.67. The van der Waals surface area contributed by atoms with E-state index in [4.69, 9.17) is 5.26 Å². The van der Waals surface area contributed by atoms with Gasteiger partial charge in [-0.2, -0.15) is 5.26 Å². The Balaban J connectivity index is 1.62. The van der Waals surface area contributed by atoms with Crippen LogP contribution in [0.2, 0.25) is 0 Å². The lowest BCUT2D eigenvalue weighted by Gasteiger charge is -2.19. The molecule has 1 aromatic heterocycles. The molecule has 1 aliphatic heterocycles. The lowest BCUT2D eigenvalue weighted by atomic mass is 10.0. The third-order valence-corrected chi connectivity index (χ3v) is 5.72. The number of fused-ring (bicyclic) bond motifs is 2. The third kappa shape index (κ3) is 4.13. The largest absolute Gasteiger partial charge is 0.381 e. The van der Waals surface area contributed by atoms with E-state index >= 15 is 0 Å². The minimum atomic E-state index is -0.553. The van der Waals surface area contributed by atoms with Gasteiger partial charge in [-0.25, -0.2) is 4.79 Å². The number of carbonyl (C=O) groups excluding carboxylic acids is 2. The molecule has 0 saturated carbocycles. The van der Waals surface area contributed by atoms with Crippen molar-refractivity contribution in [3.05, 3.63) is 54.1 Å². The Morgan fingerprint density at radius 1 is 1.21 bits per heavy atom. The van der Waals surface area contributed by atoms with Gasteiger partial charge in [0.25, 0.3) is 0 Å². The van der Waals surface area contributed by atoms with E-state index in [1.165, 1.54) is 16.2 Å². The van der Waals surface area contributed by atoms with Crippen LogP contribution >= 0.6 is 11.3 Å². The van der Waals surface area contributed by atoms with Crippen LogP contribution in [0.4, 0.5) is 16.2 Å². The first-order valence-corrected chi connectivity index (χ1v) is 10.0. The zero-order valence-corrected chi connectivity index (χ0v) is 16.3. The summed E-state index contributed by atoms with van der Waals surface area (Å²) < 4.78 is 1.21. The normalized spacial score (nSPS) is 12.0. The number of amides is 2. The van der Waals surface area contributed by atoms with Crippen LogP contribution < -0.4 is 16.0 Å². The van der Waals surface area contributed by atoms with Gasteiger partial charge in [0.2, 0.25) is 5.78 Å². The molecule has 7 heteroatoms. The molecule has 29 heavy (non-hydrogen) atoms. The first-order valence-electron chi connectivity index (χ1n) is 9.19. The van der Waals surface area contributed by atoms with Gasteiger partial charge in [-0.3, -0.25) is 4.79 Å². The van der Waals surface area contributed by atoms with Gasteiger partial charge in [0.05, 0.1) is 5.69 Å². The fourth-order valence-corrected chi connectivity index (χ4v) is 4.33. The van der Waals surface area contributed by atoms with Crippen LogP contribution in [0, 0.1) is 11.3 Å². The summed E-state index contributed by atoms with van der Waals surface area (Å²) in [6.07, 6.45) is 4.07. The Morgan fingerprint density at radius 3 is 2.90 bits per heavy atom. The van der Waals surface area contributed by atoms with Crippen molar-refractivity contribution >= 4 is 50.7 Å². The minimum Gasteiger partial charge on any atom is -0.381 e. The number of nitrogens with zero attached hydrogens (tertiary/aromatic N) is 1. The Labute approximate surface area is 171 Å². The molecule has 2 heterocycles. The van der Waals surface area contributed by atoms with E-state index in [0.717, 1.165) is 28.2 Å². The number of benzene rings is 2. The smallest absolute Gasteiger partial charge is 0.319 e. The predicted molar refractivity (Wildman–Crippen MR) is 117 cm³/mol. The molecule has 3 N–H and O–H groups in total. The molecule has 0 radical (unpaired) electrons. The molecule has 0 spiro atoms. The monoisotopic (exact) mass is 402 g/mol.